The summed E-state index contributed by atoms with van der Waals surface area (Å²) in [5, 5.41) is 11.7. The van der Waals surface area contributed by atoms with Crippen molar-refractivity contribution in [3.05, 3.63) is 64.2 Å². The van der Waals surface area contributed by atoms with Gasteiger partial charge in [-0.15, -0.1) is 0 Å². The van der Waals surface area contributed by atoms with Crippen molar-refractivity contribution in [2.24, 2.45) is 28.9 Å². The van der Waals surface area contributed by atoms with Gasteiger partial charge in [-0.3, -0.25) is 14.9 Å². The molecule has 3 rings (SSSR count). The Kier molecular flexibility index (Phi) is 6.22. The maximum atomic E-state index is 12.3. The summed E-state index contributed by atoms with van der Waals surface area (Å²) in [6.07, 6.45) is 12.1. The molecule has 5 unspecified atom stereocenters. The summed E-state index contributed by atoms with van der Waals surface area (Å²) in [5.41, 5.74) is 6.29. The molecule has 1 fully saturated rings. The molecule has 2 aliphatic carbocycles. The zero-order valence-electron chi connectivity index (χ0n) is 17.5. The van der Waals surface area contributed by atoms with Gasteiger partial charge >= 0.3 is 0 Å². The van der Waals surface area contributed by atoms with Crippen molar-refractivity contribution in [3.63, 3.8) is 0 Å². The summed E-state index contributed by atoms with van der Waals surface area (Å²) in [6.45, 7) is 2.12. The van der Waals surface area contributed by atoms with Gasteiger partial charge in [0.2, 0.25) is 5.91 Å². The molecule has 0 aliphatic heterocycles. The van der Waals surface area contributed by atoms with Gasteiger partial charge in [0.05, 0.1) is 10.8 Å². The van der Waals surface area contributed by atoms with E-state index in [4.69, 9.17) is 5.73 Å². The predicted octanol–water partition coefficient (Wildman–Crippen LogP) is 4.24. The molecular formula is C23H31N3O3. The van der Waals surface area contributed by atoms with Crippen LogP contribution >= 0.6 is 0 Å². The third kappa shape index (κ3) is 3.99. The van der Waals surface area contributed by atoms with Crippen molar-refractivity contribution in [1.82, 2.24) is 4.90 Å². The molecule has 1 amide bonds. The van der Waals surface area contributed by atoms with E-state index in [2.05, 4.69) is 17.9 Å². The molecule has 0 heterocycles. The Balaban J connectivity index is 2.08. The van der Waals surface area contributed by atoms with E-state index in [0.717, 1.165) is 31.2 Å². The van der Waals surface area contributed by atoms with Crippen LogP contribution in [-0.4, -0.2) is 29.8 Å². The fourth-order valence-corrected chi connectivity index (χ4v) is 5.61. The number of primary amides is 1. The monoisotopic (exact) mass is 397 g/mol. The van der Waals surface area contributed by atoms with Crippen LogP contribution in [0.25, 0.3) is 0 Å². The molecule has 0 aromatic heterocycles. The predicted molar refractivity (Wildman–Crippen MR) is 114 cm³/mol. The highest BCUT2D eigenvalue weighted by atomic mass is 16.6. The quantitative estimate of drug-likeness (QED) is 0.574. The number of carbonyl (C=O) groups excluding carboxylic acids is 1. The lowest BCUT2D eigenvalue weighted by atomic mass is 9.56. The molecular weight excluding hydrogens is 366 g/mol. The van der Waals surface area contributed by atoms with Crippen LogP contribution in [0.2, 0.25) is 0 Å². The Bertz CT molecular complexity index is 832. The largest absolute Gasteiger partial charge is 0.369 e. The number of hydrogen-bond acceptors (Lipinski definition) is 4. The van der Waals surface area contributed by atoms with Gasteiger partial charge in [-0.1, -0.05) is 62.3 Å². The van der Waals surface area contributed by atoms with Crippen LogP contribution in [0.5, 0.6) is 0 Å². The minimum atomic E-state index is -0.399. The van der Waals surface area contributed by atoms with Crippen LogP contribution in [0.4, 0.5) is 5.69 Å². The molecule has 156 valence electrons. The maximum absolute atomic E-state index is 12.3. The van der Waals surface area contributed by atoms with Gasteiger partial charge in [-0.05, 0) is 38.8 Å². The molecule has 0 saturated heterocycles. The van der Waals surface area contributed by atoms with Crippen LogP contribution in [0.3, 0.4) is 0 Å². The van der Waals surface area contributed by atoms with E-state index >= 15 is 0 Å². The van der Waals surface area contributed by atoms with Crippen molar-refractivity contribution >= 4 is 11.6 Å². The number of nitro groups is 1. The minimum Gasteiger partial charge on any atom is -0.369 e. The maximum Gasteiger partial charge on any atom is 0.274 e. The Morgan fingerprint density at radius 3 is 2.59 bits per heavy atom. The molecule has 0 spiro atoms. The third-order valence-corrected chi connectivity index (χ3v) is 6.88. The van der Waals surface area contributed by atoms with Crippen molar-refractivity contribution < 1.29 is 9.72 Å². The van der Waals surface area contributed by atoms with Crippen LogP contribution < -0.4 is 5.73 Å². The van der Waals surface area contributed by atoms with Crippen LogP contribution in [0, 0.1) is 33.3 Å². The smallest absolute Gasteiger partial charge is 0.274 e. The Hall–Kier alpha value is -2.47. The first kappa shape index (κ1) is 21.2. The van der Waals surface area contributed by atoms with E-state index in [1.54, 1.807) is 12.1 Å². The number of carbonyl (C=O) groups is 1. The van der Waals surface area contributed by atoms with Gasteiger partial charge in [-0.25, -0.2) is 0 Å². The van der Waals surface area contributed by atoms with Gasteiger partial charge in [0.15, 0.2) is 0 Å². The van der Waals surface area contributed by atoms with Crippen LogP contribution in [0.15, 0.2) is 48.6 Å². The van der Waals surface area contributed by atoms with Gasteiger partial charge in [0.1, 0.15) is 0 Å². The molecule has 1 aromatic rings. The highest BCUT2D eigenvalue weighted by Crippen LogP contribution is 2.54. The Labute approximate surface area is 172 Å². The first-order valence-corrected chi connectivity index (χ1v) is 10.3. The first-order valence-electron chi connectivity index (χ1n) is 10.3. The zero-order valence-corrected chi connectivity index (χ0v) is 17.5. The summed E-state index contributed by atoms with van der Waals surface area (Å²) in [4.78, 5) is 25.8. The molecule has 5 atom stereocenters. The van der Waals surface area contributed by atoms with Gasteiger partial charge in [0, 0.05) is 23.1 Å². The normalized spacial score (nSPS) is 30.3. The molecule has 2 N–H and O–H groups in total. The van der Waals surface area contributed by atoms with Gasteiger partial charge in [0.25, 0.3) is 5.69 Å². The molecule has 1 aromatic carbocycles. The second-order valence-electron chi connectivity index (χ2n) is 8.77. The Morgan fingerprint density at radius 2 is 1.93 bits per heavy atom. The lowest BCUT2D eigenvalue weighted by Crippen LogP contribution is -2.47. The van der Waals surface area contributed by atoms with E-state index in [-0.39, 0.29) is 40.3 Å². The lowest BCUT2D eigenvalue weighted by molar-refractivity contribution is -0.386. The molecule has 29 heavy (non-hydrogen) atoms. The zero-order chi connectivity index (χ0) is 21.2. The number of benzene rings is 1. The number of para-hydroxylation sites is 1. The molecule has 6 heteroatoms. The summed E-state index contributed by atoms with van der Waals surface area (Å²) >= 11 is 0. The second-order valence-corrected chi connectivity index (χ2v) is 8.77. The van der Waals surface area contributed by atoms with E-state index in [9.17, 15) is 14.9 Å². The second kappa shape index (κ2) is 8.49. The fraction of sp³-hybridized carbons (Fsp3) is 0.522. The van der Waals surface area contributed by atoms with Crippen LogP contribution in [-0.2, 0) is 4.79 Å². The van der Waals surface area contributed by atoms with Gasteiger partial charge in [-0.2, -0.15) is 0 Å². The standard InChI is InChI=1S/C23H31N3O3/c1-23(15-9-8-13-19(23)22(24)27)18-12-6-4-10-16(18)21(25(2)3)17-11-5-7-14-20(17)26(28)29/h5,7-9,11,13-16,18-19,21H,4,6,10,12H2,1-3H3,(H2,24,27). The summed E-state index contributed by atoms with van der Waals surface area (Å²) in [5.74, 6) is -0.304. The number of allylic oxidation sites excluding steroid dienone is 3. The average Bonchev–Trinajstić information content (AvgIpc) is 2.68. The van der Waals surface area contributed by atoms with Crippen molar-refractivity contribution in [2.45, 2.75) is 38.6 Å². The molecule has 6 nitrogen and oxygen atoms in total. The molecule has 0 radical (unpaired) electrons. The third-order valence-electron chi connectivity index (χ3n) is 6.88. The lowest BCUT2D eigenvalue weighted by Gasteiger charge is -2.50. The van der Waals surface area contributed by atoms with Crippen LogP contribution in [0.1, 0.15) is 44.2 Å². The first-order chi connectivity index (χ1) is 13.8. The number of amides is 1. The number of rotatable bonds is 6. The molecule has 1 saturated carbocycles. The minimum absolute atomic E-state index is 0.105. The van der Waals surface area contributed by atoms with Crippen molar-refractivity contribution in [3.8, 4) is 0 Å². The number of nitrogens with zero attached hydrogens (tertiary/aromatic N) is 2. The summed E-state index contributed by atoms with van der Waals surface area (Å²) < 4.78 is 0. The van der Waals surface area contributed by atoms with E-state index < -0.39 is 5.41 Å². The van der Waals surface area contributed by atoms with E-state index in [1.165, 1.54) is 0 Å². The highest BCUT2D eigenvalue weighted by molar-refractivity contribution is 5.80. The van der Waals surface area contributed by atoms with Gasteiger partial charge < -0.3 is 10.6 Å². The van der Waals surface area contributed by atoms with Crippen molar-refractivity contribution in [2.75, 3.05) is 14.1 Å². The summed E-state index contributed by atoms with van der Waals surface area (Å²) in [7, 11) is 3.97. The number of hydrogen-bond donors (Lipinski definition) is 1. The SMILES string of the molecule is CN(C)C(c1ccccc1[N+](=O)[O-])C1CCCCC1C1(C)C=CC=CC1C(N)=O. The highest BCUT2D eigenvalue weighted by Gasteiger charge is 2.49. The average molecular weight is 398 g/mol. The van der Waals surface area contributed by atoms with E-state index in [0.29, 0.717) is 0 Å². The molecule has 2 aliphatic rings. The summed E-state index contributed by atoms with van der Waals surface area (Å²) in [6, 6.07) is 6.94. The fourth-order valence-electron chi connectivity index (χ4n) is 5.61. The number of nitro benzene ring substituents is 1. The van der Waals surface area contributed by atoms with Crippen molar-refractivity contribution in [1.29, 1.82) is 0 Å². The van der Waals surface area contributed by atoms with E-state index in [1.807, 2.05) is 44.5 Å². The topological polar surface area (TPSA) is 89.5 Å². The Morgan fingerprint density at radius 1 is 1.24 bits per heavy atom. The molecule has 0 bridgehead atoms. The number of nitrogens with two attached hydrogens (primary N) is 1.